The number of hydrazone groups is 1. The quantitative estimate of drug-likeness (QED) is 0.103. The highest BCUT2D eigenvalue weighted by molar-refractivity contribution is 7.98. The molecule has 0 aliphatic rings. The smallest absolute Gasteiger partial charge is 0.156 e. The number of anilines is 1. The Labute approximate surface area is 222 Å². The van der Waals surface area contributed by atoms with Crippen molar-refractivity contribution in [2.75, 3.05) is 17.9 Å². The molecule has 0 bridgehead atoms. The van der Waals surface area contributed by atoms with E-state index >= 15 is 0 Å². The normalized spacial score (nSPS) is 11.8. The molecule has 2 nitrogen and oxygen atoms in total. The van der Waals surface area contributed by atoms with Crippen LogP contribution in [0.2, 0.25) is 0 Å². The first-order chi connectivity index (χ1) is 16.6. The molecule has 0 aliphatic heterocycles. The number of halogens is 1. The number of unbranched alkanes of at least 4 members (excludes halogenated alkanes) is 5. The maximum absolute atomic E-state index is 6.72. The number of nitrogens with one attached hydrogen (secondary N) is 1. The van der Waals surface area contributed by atoms with Gasteiger partial charge in [0.25, 0.3) is 0 Å². The third-order valence-corrected chi connectivity index (χ3v) is 8.03. The Morgan fingerprint density at radius 1 is 0.765 bits per heavy atom. The highest BCUT2D eigenvalue weighted by Crippen LogP contribution is 2.31. The fourth-order valence-electron chi connectivity index (χ4n) is 4.16. The summed E-state index contributed by atoms with van der Waals surface area (Å²) in [4.78, 5) is 2.69. The molecule has 1 N–H and O–H groups in total. The zero-order valence-electron chi connectivity index (χ0n) is 21.8. The van der Waals surface area contributed by atoms with Gasteiger partial charge in [-0.15, -0.1) is 23.5 Å². The van der Waals surface area contributed by atoms with Gasteiger partial charge in [0.15, 0.2) is 5.17 Å². The van der Waals surface area contributed by atoms with Gasteiger partial charge in [0.1, 0.15) is 0 Å². The maximum atomic E-state index is 6.72. The van der Waals surface area contributed by atoms with Crippen molar-refractivity contribution >= 4 is 46.0 Å². The van der Waals surface area contributed by atoms with Crippen molar-refractivity contribution < 1.29 is 0 Å². The van der Waals surface area contributed by atoms with Crippen molar-refractivity contribution in [2.45, 2.75) is 101 Å². The van der Waals surface area contributed by atoms with Crippen LogP contribution in [0.3, 0.4) is 0 Å². The Kier molecular flexibility index (Phi) is 14.2. The van der Waals surface area contributed by atoms with E-state index in [-0.39, 0.29) is 0 Å². The van der Waals surface area contributed by atoms with Gasteiger partial charge in [0.2, 0.25) is 0 Å². The Morgan fingerprint density at radius 3 is 1.97 bits per heavy atom. The molecule has 0 unspecified atom stereocenters. The van der Waals surface area contributed by atoms with Crippen LogP contribution in [0.25, 0.3) is 0 Å². The number of rotatable bonds is 16. The number of hydrogen-bond acceptors (Lipinski definition) is 4. The van der Waals surface area contributed by atoms with E-state index in [1.165, 1.54) is 77.8 Å². The van der Waals surface area contributed by atoms with Crippen LogP contribution < -0.4 is 5.43 Å². The summed E-state index contributed by atoms with van der Waals surface area (Å²) in [6.45, 7) is 6.76. The van der Waals surface area contributed by atoms with Gasteiger partial charge >= 0.3 is 0 Å². The average Bonchev–Trinajstić information content (AvgIpc) is 2.86. The SMILES string of the molecule is CCCCCCc1cc(SC)cc(C(Cl)=NNc2cc(CCCC)c(SC)c(CCCC)c2)c1. The molecule has 0 heterocycles. The first kappa shape index (κ1) is 29.1. The second-order valence-corrected chi connectivity index (χ2v) is 11.0. The summed E-state index contributed by atoms with van der Waals surface area (Å²) in [5, 5.41) is 5.12. The van der Waals surface area contributed by atoms with Crippen LogP contribution in [0.4, 0.5) is 5.69 Å². The average molecular weight is 519 g/mol. The fourth-order valence-corrected chi connectivity index (χ4v) is 5.67. The van der Waals surface area contributed by atoms with Gasteiger partial charge in [-0.05, 0) is 98.1 Å². The molecule has 0 radical (unpaired) electrons. The lowest BCUT2D eigenvalue weighted by Gasteiger charge is -2.16. The van der Waals surface area contributed by atoms with Crippen LogP contribution in [-0.4, -0.2) is 17.7 Å². The second-order valence-electron chi connectivity index (χ2n) is 8.93. The predicted molar refractivity (Wildman–Crippen MR) is 158 cm³/mol. The van der Waals surface area contributed by atoms with Gasteiger partial charge in [-0.2, -0.15) is 5.10 Å². The summed E-state index contributed by atoms with van der Waals surface area (Å²) < 4.78 is 0. The number of thioether (sulfide) groups is 2. The molecular weight excluding hydrogens is 476 g/mol. The minimum Gasteiger partial charge on any atom is -0.277 e. The van der Waals surface area contributed by atoms with Crippen molar-refractivity contribution in [3.8, 4) is 0 Å². The van der Waals surface area contributed by atoms with Gasteiger partial charge in [0, 0.05) is 15.4 Å². The van der Waals surface area contributed by atoms with E-state index in [4.69, 9.17) is 11.6 Å². The summed E-state index contributed by atoms with van der Waals surface area (Å²) >= 11 is 10.4. The minimum absolute atomic E-state index is 0.518. The lowest BCUT2D eigenvalue weighted by Crippen LogP contribution is -2.02. The Morgan fingerprint density at radius 2 is 1.41 bits per heavy atom. The highest BCUT2D eigenvalue weighted by atomic mass is 35.5. The van der Waals surface area contributed by atoms with Crippen LogP contribution in [0.5, 0.6) is 0 Å². The molecule has 2 aromatic rings. The van der Waals surface area contributed by atoms with E-state index in [0.717, 1.165) is 30.5 Å². The van der Waals surface area contributed by atoms with Crippen LogP contribution in [0, 0.1) is 0 Å². The van der Waals surface area contributed by atoms with Crippen molar-refractivity contribution in [1.82, 2.24) is 0 Å². The van der Waals surface area contributed by atoms with Crippen molar-refractivity contribution in [1.29, 1.82) is 0 Å². The lowest BCUT2D eigenvalue weighted by molar-refractivity contribution is 0.666. The Hall–Kier alpha value is -1.10. The van der Waals surface area contributed by atoms with Gasteiger partial charge < -0.3 is 0 Å². The maximum Gasteiger partial charge on any atom is 0.156 e. The molecule has 0 spiro atoms. The molecular formula is C29H43ClN2S2. The second kappa shape index (κ2) is 16.5. The summed E-state index contributed by atoms with van der Waals surface area (Å²) in [5.41, 5.74) is 9.51. The number of benzene rings is 2. The van der Waals surface area contributed by atoms with Crippen LogP contribution in [0.15, 0.2) is 45.2 Å². The lowest BCUT2D eigenvalue weighted by atomic mass is 10.0. The van der Waals surface area contributed by atoms with E-state index < -0.39 is 0 Å². The fraction of sp³-hybridized carbons (Fsp3) is 0.552. The van der Waals surface area contributed by atoms with Crippen LogP contribution >= 0.6 is 35.1 Å². The molecule has 0 aliphatic carbocycles. The van der Waals surface area contributed by atoms with Gasteiger partial charge in [0.05, 0.1) is 5.69 Å². The number of aryl methyl sites for hydroxylation is 3. The van der Waals surface area contributed by atoms with Gasteiger partial charge in [-0.25, -0.2) is 0 Å². The number of hydrogen-bond donors (Lipinski definition) is 1. The highest BCUT2D eigenvalue weighted by Gasteiger charge is 2.11. The molecule has 5 heteroatoms. The van der Waals surface area contributed by atoms with E-state index in [1.807, 2.05) is 11.8 Å². The van der Waals surface area contributed by atoms with E-state index in [1.54, 1.807) is 11.8 Å². The first-order valence-electron chi connectivity index (χ1n) is 12.9. The van der Waals surface area contributed by atoms with Gasteiger partial charge in [-0.3, -0.25) is 5.43 Å². The molecule has 0 fully saturated rings. The molecule has 0 saturated heterocycles. The zero-order valence-corrected chi connectivity index (χ0v) is 24.2. The predicted octanol–water partition coefficient (Wildman–Crippen LogP) is 9.95. The van der Waals surface area contributed by atoms with Crippen molar-refractivity contribution in [3.63, 3.8) is 0 Å². The Balaban J connectivity index is 2.27. The molecule has 188 valence electrons. The summed E-state index contributed by atoms with van der Waals surface area (Å²) in [6.07, 6.45) is 17.5. The first-order valence-corrected chi connectivity index (χ1v) is 15.8. The minimum atomic E-state index is 0.518. The van der Waals surface area contributed by atoms with Crippen LogP contribution in [-0.2, 0) is 19.3 Å². The van der Waals surface area contributed by atoms with Crippen molar-refractivity contribution in [2.24, 2.45) is 5.10 Å². The molecule has 34 heavy (non-hydrogen) atoms. The zero-order chi connectivity index (χ0) is 24.8. The van der Waals surface area contributed by atoms with E-state index in [9.17, 15) is 0 Å². The third-order valence-electron chi connectivity index (χ3n) is 6.09. The monoisotopic (exact) mass is 518 g/mol. The molecule has 0 atom stereocenters. The summed E-state index contributed by atoms with van der Waals surface area (Å²) in [7, 11) is 0. The summed E-state index contributed by atoms with van der Waals surface area (Å²) in [5.74, 6) is 0. The molecule has 2 rings (SSSR count). The summed E-state index contributed by atoms with van der Waals surface area (Å²) in [6, 6.07) is 11.2. The molecule has 0 amide bonds. The van der Waals surface area contributed by atoms with E-state index in [2.05, 4.69) is 74.1 Å². The van der Waals surface area contributed by atoms with Crippen molar-refractivity contribution in [3.05, 3.63) is 52.6 Å². The molecule has 0 saturated carbocycles. The third kappa shape index (κ3) is 9.51. The largest absolute Gasteiger partial charge is 0.277 e. The Bertz CT molecular complexity index is 882. The molecule has 0 aromatic heterocycles. The number of nitrogens with zero attached hydrogens (tertiary/aromatic N) is 1. The standard InChI is InChI=1S/C29H43ClN2S2/c1-6-9-12-13-14-22-17-25(21-27(18-22)33-4)29(30)32-31-26-19-23(15-10-7-2)28(34-5)24(20-26)16-11-8-3/h17-21,31H,6-16H2,1-5H3. The van der Waals surface area contributed by atoms with Gasteiger partial charge in [-0.1, -0.05) is 64.5 Å². The van der Waals surface area contributed by atoms with E-state index in [0.29, 0.717) is 5.17 Å². The molecule has 2 aromatic carbocycles. The van der Waals surface area contributed by atoms with Crippen LogP contribution in [0.1, 0.15) is 94.4 Å². The topological polar surface area (TPSA) is 24.4 Å².